The Kier molecular flexibility index (Phi) is 3.61. The lowest BCUT2D eigenvalue weighted by Gasteiger charge is -1.94. The fourth-order valence-corrected chi connectivity index (χ4v) is 0.605. The summed E-state index contributed by atoms with van der Waals surface area (Å²) in [6, 6.07) is 10.1. The summed E-state index contributed by atoms with van der Waals surface area (Å²) in [5.74, 6) is 0. The Morgan fingerprint density at radius 3 is 2.00 bits per heavy atom. The highest BCUT2D eigenvalue weighted by Gasteiger charge is 1.77. The maximum Gasteiger partial charge on any atom is 0.0337 e. The van der Waals surface area contributed by atoms with Gasteiger partial charge in [-0.2, -0.15) is 0 Å². The zero-order chi connectivity index (χ0) is 5.82. The van der Waals surface area contributed by atoms with Crippen LogP contribution in [0, 0.1) is 0 Å². The highest BCUT2D eigenvalue weighted by atomic mass is 14.8. The molecule has 0 aliphatic heterocycles. The van der Waals surface area contributed by atoms with Gasteiger partial charge < -0.3 is 5.32 Å². The third-order valence-corrected chi connectivity index (χ3v) is 1.06. The molecule has 45 valence electrons. The van der Waals surface area contributed by atoms with Gasteiger partial charge in [-0.3, -0.25) is 0 Å². The molecule has 1 aromatic rings. The van der Waals surface area contributed by atoms with Crippen molar-refractivity contribution >= 4 is 14.1 Å². The van der Waals surface area contributed by atoms with Crippen LogP contribution in [-0.4, -0.2) is 15.5 Å². The molecule has 9 heavy (non-hydrogen) atoms. The SMILES string of the molecule is CNc1ccccc1.[B]. The minimum Gasteiger partial charge on any atom is -0.388 e. The molecule has 0 bridgehead atoms. The number of rotatable bonds is 1. The van der Waals surface area contributed by atoms with E-state index in [0.717, 1.165) is 5.69 Å². The Morgan fingerprint density at radius 2 is 1.67 bits per heavy atom. The van der Waals surface area contributed by atoms with E-state index in [1.54, 1.807) is 0 Å². The maximum absolute atomic E-state index is 3.03. The molecule has 0 spiro atoms. The standard InChI is InChI=1S/C7H9N.B/c1-8-7-5-3-2-4-6-7;/h2-6,8H,1H3;. The first-order chi connectivity index (χ1) is 3.93. The first kappa shape index (κ1) is 8.08. The first-order valence-corrected chi connectivity index (χ1v) is 2.66. The number of anilines is 1. The van der Waals surface area contributed by atoms with Crippen LogP contribution in [0.4, 0.5) is 5.69 Å². The van der Waals surface area contributed by atoms with Gasteiger partial charge in [0, 0.05) is 21.1 Å². The van der Waals surface area contributed by atoms with Crippen molar-refractivity contribution in [3.8, 4) is 0 Å². The normalized spacial score (nSPS) is 7.67. The minimum absolute atomic E-state index is 0. The van der Waals surface area contributed by atoms with Crippen LogP contribution in [0.15, 0.2) is 30.3 Å². The van der Waals surface area contributed by atoms with E-state index in [-0.39, 0.29) is 8.41 Å². The van der Waals surface area contributed by atoms with Crippen molar-refractivity contribution in [2.24, 2.45) is 0 Å². The fourth-order valence-electron chi connectivity index (χ4n) is 0.605. The fraction of sp³-hybridized carbons (Fsp3) is 0.143. The molecule has 1 rings (SSSR count). The summed E-state index contributed by atoms with van der Waals surface area (Å²) >= 11 is 0. The molecule has 0 fully saturated rings. The summed E-state index contributed by atoms with van der Waals surface area (Å²) in [4.78, 5) is 0. The summed E-state index contributed by atoms with van der Waals surface area (Å²) in [7, 11) is 1.91. The molecule has 0 amide bonds. The van der Waals surface area contributed by atoms with Gasteiger partial charge in [0.05, 0.1) is 0 Å². The second-order valence-corrected chi connectivity index (χ2v) is 1.62. The van der Waals surface area contributed by atoms with Gasteiger partial charge in [0.1, 0.15) is 0 Å². The molecule has 1 aromatic carbocycles. The predicted octanol–water partition coefficient (Wildman–Crippen LogP) is 1.35. The molecule has 1 N–H and O–H groups in total. The van der Waals surface area contributed by atoms with Crippen LogP contribution in [0.25, 0.3) is 0 Å². The number of nitrogens with one attached hydrogen (secondary N) is 1. The Hall–Kier alpha value is -0.915. The van der Waals surface area contributed by atoms with E-state index in [4.69, 9.17) is 0 Å². The largest absolute Gasteiger partial charge is 0.388 e. The highest BCUT2D eigenvalue weighted by molar-refractivity contribution is 5.75. The lowest BCUT2D eigenvalue weighted by molar-refractivity contribution is 1.51. The molecule has 0 aliphatic rings. The molecular weight excluding hydrogens is 109 g/mol. The van der Waals surface area contributed by atoms with Crippen LogP contribution >= 0.6 is 0 Å². The molecule has 0 saturated heterocycles. The summed E-state index contributed by atoms with van der Waals surface area (Å²) in [5, 5.41) is 3.03. The van der Waals surface area contributed by atoms with E-state index < -0.39 is 0 Å². The van der Waals surface area contributed by atoms with E-state index in [2.05, 4.69) is 5.32 Å². The third-order valence-electron chi connectivity index (χ3n) is 1.06. The van der Waals surface area contributed by atoms with Crippen LogP contribution in [-0.2, 0) is 0 Å². The van der Waals surface area contributed by atoms with Crippen LogP contribution < -0.4 is 5.32 Å². The summed E-state index contributed by atoms with van der Waals surface area (Å²) in [6.45, 7) is 0. The predicted molar refractivity (Wildman–Crippen MR) is 41.7 cm³/mol. The average Bonchev–Trinajstić information content (AvgIpc) is 1.90. The monoisotopic (exact) mass is 118 g/mol. The Balaban J connectivity index is 0.000000640. The van der Waals surface area contributed by atoms with Gasteiger partial charge in [0.25, 0.3) is 0 Å². The van der Waals surface area contributed by atoms with Gasteiger partial charge >= 0.3 is 0 Å². The highest BCUT2D eigenvalue weighted by Crippen LogP contribution is 2.01. The van der Waals surface area contributed by atoms with E-state index in [1.807, 2.05) is 37.4 Å². The van der Waals surface area contributed by atoms with Gasteiger partial charge in [-0.1, -0.05) is 18.2 Å². The summed E-state index contributed by atoms with van der Waals surface area (Å²) in [5.41, 5.74) is 1.16. The van der Waals surface area contributed by atoms with E-state index in [9.17, 15) is 0 Å². The second-order valence-electron chi connectivity index (χ2n) is 1.62. The average molecular weight is 118 g/mol. The number of para-hydroxylation sites is 1. The smallest absolute Gasteiger partial charge is 0.0337 e. The van der Waals surface area contributed by atoms with Crippen LogP contribution in [0.2, 0.25) is 0 Å². The molecule has 0 aromatic heterocycles. The lowest BCUT2D eigenvalue weighted by Crippen LogP contribution is -1.84. The van der Waals surface area contributed by atoms with E-state index in [0.29, 0.717) is 0 Å². The topological polar surface area (TPSA) is 12.0 Å². The van der Waals surface area contributed by atoms with Crippen molar-refractivity contribution in [3.05, 3.63) is 30.3 Å². The van der Waals surface area contributed by atoms with Crippen molar-refractivity contribution in [1.29, 1.82) is 0 Å². The molecule has 0 aliphatic carbocycles. The molecule has 3 radical (unpaired) electrons. The van der Waals surface area contributed by atoms with Crippen LogP contribution in [0.1, 0.15) is 0 Å². The summed E-state index contributed by atoms with van der Waals surface area (Å²) in [6.07, 6.45) is 0. The molecular formula is C7H9BN. The Bertz CT molecular complexity index is 150. The quantitative estimate of drug-likeness (QED) is 0.548. The second kappa shape index (κ2) is 4.01. The Labute approximate surface area is 57.7 Å². The van der Waals surface area contributed by atoms with Gasteiger partial charge in [0.15, 0.2) is 0 Å². The van der Waals surface area contributed by atoms with Crippen LogP contribution in [0.5, 0.6) is 0 Å². The van der Waals surface area contributed by atoms with E-state index >= 15 is 0 Å². The summed E-state index contributed by atoms with van der Waals surface area (Å²) < 4.78 is 0. The maximum atomic E-state index is 3.03. The van der Waals surface area contributed by atoms with Gasteiger partial charge in [-0.25, -0.2) is 0 Å². The minimum atomic E-state index is 0. The molecule has 1 nitrogen and oxygen atoms in total. The zero-order valence-corrected chi connectivity index (χ0v) is 5.46. The van der Waals surface area contributed by atoms with Gasteiger partial charge in [0.2, 0.25) is 0 Å². The molecule has 0 unspecified atom stereocenters. The molecule has 0 atom stereocenters. The number of benzene rings is 1. The first-order valence-electron chi connectivity index (χ1n) is 2.66. The zero-order valence-electron chi connectivity index (χ0n) is 5.46. The van der Waals surface area contributed by atoms with Crippen molar-refractivity contribution < 1.29 is 0 Å². The number of hydrogen-bond donors (Lipinski definition) is 1. The van der Waals surface area contributed by atoms with Crippen molar-refractivity contribution in [2.45, 2.75) is 0 Å². The van der Waals surface area contributed by atoms with Gasteiger partial charge in [-0.15, -0.1) is 0 Å². The lowest BCUT2D eigenvalue weighted by atomic mass is 10.3. The van der Waals surface area contributed by atoms with Crippen LogP contribution in [0.3, 0.4) is 0 Å². The number of hydrogen-bond acceptors (Lipinski definition) is 1. The molecule has 0 saturated carbocycles. The molecule has 0 heterocycles. The van der Waals surface area contributed by atoms with Gasteiger partial charge in [-0.05, 0) is 12.1 Å². The Morgan fingerprint density at radius 1 is 1.11 bits per heavy atom. The van der Waals surface area contributed by atoms with Crippen molar-refractivity contribution in [1.82, 2.24) is 0 Å². The van der Waals surface area contributed by atoms with Crippen molar-refractivity contribution in [3.63, 3.8) is 0 Å². The van der Waals surface area contributed by atoms with Crippen molar-refractivity contribution in [2.75, 3.05) is 12.4 Å². The van der Waals surface area contributed by atoms with E-state index in [1.165, 1.54) is 0 Å². The molecule has 2 heteroatoms. The third kappa shape index (κ3) is 2.22.